The van der Waals surface area contributed by atoms with Gasteiger partial charge in [0.25, 0.3) is 5.91 Å². The number of benzene rings is 1. The molecule has 0 aliphatic carbocycles. The highest BCUT2D eigenvalue weighted by Gasteiger charge is 2.23. The molecule has 1 heterocycles. The van der Waals surface area contributed by atoms with Crippen LogP contribution < -0.4 is 5.32 Å². The van der Waals surface area contributed by atoms with Gasteiger partial charge in [0.2, 0.25) is 0 Å². The summed E-state index contributed by atoms with van der Waals surface area (Å²) in [5.41, 5.74) is 2.44. The number of carbonyl (C=O) groups is 2. The van der Waals surface area contributed by atoms with Gasteiger partial charge in [-0.2, -0.15) is 11.8 Å². The summed E-state index contributed by atoms with van der Waals surface area (Å²) in [5, 5.41) is 2.70. The maximum atomic E-state index is 12.4. The van der Waals surface area contributed by atoms with Gasteiger partial charge < -0.3 is 14.5 Å². The molecule has 1 amide bonds. The predicted octanol–water partition coefficient (Wildman–Crippen LogP) is 4.21. The van der Waals surface area contributed by atoms with Gasteiger partial charge in [0.1, 0.15) is 11.8 Å². The van der Waals surface area contributed by atoms with Crippen LogP contribution in [-0.4, -0.2) is 37.0 Å². The highest BCUT2D eigenvalue weighted by Crippen LogP contribution is 2.29. The number of furan rings is 1. The summed E-state index contributed by atoms with van der Waals surface area (Å²) in [5.74, 6) is 1.43. The van der Waals surface area contributed by atoms with Gasteiger partial charge in [-0.1, -0.05) is 18.2 Å². The Morgan fingerprint density at radius 1 is 1.19 bits per heavy atom. The zero-order chi connectivity index (χ0) is 19.8. The summed E-state index contributed by atoms with van der Waals surface area (Å²) in [6, 6.07) is 8.96. The molecule has 0 saturated carbocycles. The first-order valence-corrected chi connectivity index (χ1v) is 11.0. The van der Waals surface area contributed by atoms with Crippen molar-refractivity contribution in [3.8, 4) is 0 Å². The number of amides is 1. The molecular weight excluding hydrogens is 382 g/mol. The zero-order valence-electron chi connectivity index (χ0n) is 16.0. The fraction of sp³-hybridized carbons (Fsp3) is 0.400. The van der Waals surface area contributed by atoms with Gasteiger partial charge in [0, 0.05) is 4.90 Å². The van der Waals surface area contributed by atoms with Crippen LogP contribution in [0.2, 0.25) is 0 Å². The van der Waals surface area contributed by atoms with Crippen LogP contribution >= 0.6 is 23.5 Å². The van der Waals surface area contributed by atoms with Crippen molar-refractivity contribution >= 4 is 35.4 Å². The predicted molar refractivity (Wildman–Crippen MR) is 110 cm³/mol. The van der Waals surface area contributed by atoms with Crippen molar-refractivity contribution in [2.75, 3.05) is 19.1 Å². The molecule has 0 fully saturated rings. The Kier molecular flexibility index (Phi) is 8.31. The number of hydrogen-bond donors (Lipinski definition) is 1. The van der Waals surface area contributed by atoms with Gasteiger partial charge in [-0.05, 0) is 55.5 Å². The molecule has 146 valence electrons. The molecule has 1 unspecified atom stereocenters. The normalized spacial score (nSPS) is 11.9. The van der Waals surface area contributed by atoms with Gasteiger partial charge in [0.15, 0.2) is 5.76 Å². The van der Waals surface area contributed by atoms with Crippen molar-refractivity contribution < 1.29 is 18.7 Å². The van der Waals surface area contributed by atoms with Crippen LogP contribution in [0.1, 0.15) is 33.9 Å². The fourth-order valence-electron chi connectivity index (χ4n) is 2.60. The first-order chi connectivity index (χ1) is 13.0. The average molecular weight is 408 g/mol. The Hall–Kier alpha value is -1.86. The summed E-state index contributed by atoms with van der Waals surface area (Å²) in [6.45, 7) is 4.16. The lowest BCUT2D eigenvalue weighted by molar-refractivity contribution is -0.142. The highest BCUT2D eigenvalue weighted by atomic mass is 32.2. The number of aryl methyl sites for hydroxylation is 2. The van der Waals surface area contributed by atoms with Crippen LogP contribution in [0.4, 0.5) is 0 Å². The molecule has 1 aromatic heterocycles. The molecule has 1 N–H and O–H groups in total. The molecule has 0 aliphatic heterocycles. The lowest BCUT2D eigenvalue weighted by Gasteiger charge is -2.15. The first kappa shape index (κ1) is 21.4. The Labute approximate surface area is 168 Å². The second-order valence-electron chi connectivity index (χ2n) is 6.11. The number of rotatable bonds is 9. The van der Waals surface area contributed by atoms with Gasteiger partial charge in [-0.15, -0.1) is 11.8 Å². The minimum Gasteiger partial charge on any atom is -0.467 e. The minimum atomic E-state index is -0.674. The zero-order valence-corrected chi connectivity index (χ0v) is 17.7. The summed E-state index contributed by atoms with van der Waals surface area (Å²) < 4.78 is 10.4. The van der Waals surface area contributed by atoms with Crippen LogP contribution in [0, 0.1) is 13.8 Å². The molecule has 0 saturated heterocycles. The van der Waals surface area contributed by atoms with Crippen LogP contribution in [0.25, 0.3) is 0 Å². The van der Waals surface area contributed by atoms with E-state index in [0.29, 0.717) is 17.9 Å². The van der Waals surface area contributed by atoms with Crippen LogP contribution in [0.5, 0.6) is 0 Å². The summed E-state index contributed by atoms with van der Waals surface area (Å²) in [7, 11) is 1.32. The van der Waals surface area contributed by atoms with E-state index < -0.39 is 17.9 Å². The van der Waals surface area contributed by atoms with Gasteiger partial charge in [-0.3, -0.25) is 4.79 Å². The largest absolute Gasteiger partial charge is 0.467 e. The second-order valence-corrected chi connectivity index (χ2v) is 8.08. The van der Waals surface area contributed by atoms with E-state index in [0.717, 1.165) is 5.75 Å². The van der Waals surface area contributed by atoms with Crippen molar-refractivity contribution in [1.29, 1.82) is 0 Å². The third kappa shape index (κ3) is 6.07. The van der Waals surface area contributed by atoms with E-state index in [1.807, 2.05) is 12.3 Å². The molecule has 1 aromatic carbocycles. The maximum Gasteiger partial charge on any atom is 0.328 e. The quantitative estimate of drug-likeness (QED) is 0.496. The van der Waals surface area contributed by atoms with E-state index >= 15 is 0 Å². The molecule has 2 aromatic rings. The molecule has 0 radical (unpaired) electrons. The second kappa shape index (κ2) is 10.5. The number of thioether (sulfide) groups is 2. The number of carbonyl (C=O) groups excluding carboxylic acids is 2. The van der Waals surface area contributed by atoms with Crippen LogP contribution in [-0.2, 0) is 15.3 Å². The number of nitrogens with one attached hydrogen (secondary N) is 1. The molecule has 0 aliphatic rings. The Balaban J connectivity index is 1.99. The Morgan fingerprint density at radius 2 is 1.89 bits per heavy atom. The number of esters is 1. The van der Waals surface area contributed by atoms with Gasteiger partial charge >= 0.3 is 5.97 Å². The number of hydrogen-bond acceptors (Lipinski definition) is 6. The summed E-state index contributed by atoms with van der Waals surface area (Å²) >= 11 is 3.29. The number of ether oxygens (including phenoxy) is 1. The van der Waals surface area contributed by atoms with E-state index in [4.69, 9.17) is 9.15 Å². The van der Waals surface area contributed by atoms with E-state index in [1.165, 1.54) is 23.1 Å². The fourth-order valence-corrected chi connectivity index (χ4v) is 4.11. The SMILES string of the molecule is COC(=O)C(CCSC)NC(=O)c1ccc(CSc2c(C)cccc2C)o1. The third-order valence-electron chi connectivity index (χ3n) is 4.05. The Bertz CT molecular complexity index is 768. The van der Waals surface area contributed by atoms with Crippen molar-refractivity contribution in [1.82, 2.24) is 5.32 Å². The lowest BCUT2D eigenvalue weighted by Crippen LogP contribution is -2.41. The first-order valence-electron chi connectivity index (χ1n) is 8.61. The molecule has 7 heteroatoms. The smallest absolute Gasteiger partial charge is 0.328 e. The molecular formula is C20H25NO4S2. The summed E-state index contributed by atoms with van der Waals surface area (Å²) in [4.78, 5) is 25.5. The van der Waals surface area contributed by atoms with E-state index in [1.54, 1.807) is 35.7 Å². The highest BCUT2D eigenvalue weighted by molar-refractivity contribution is 7.98. The van der Waals surface area contributed by atoms with Gasteiger partial charge in [-0.25, -0.2) is 4.79 Å². The average Bonchev–Trinajstić information content (AvgIpc) is 3.13. The van der Waals surface area contributed by atoms with Crippen molar-refractivity contribution in [3.63, 3.8) is 0 Å². The number of methoxy groups -OCH3 is 1. The van der Waals surface area contributed by atoms with Crippen LogP contribution in [0.15, 0.2) is 39.6 Å². The van der Waals surface area contributed by atoms with Gasteiger partial charge in [0.05, 0.1) is 12.9 Å². The van der Waals surface area contributed by atoms with E-state index in [2.05, 4.69) is 31.3 Å². The minimum absolute atomic E-state index is 0.199. The summed E-state index contributed by atoms with van der Waals surface area (Å²) in [6.07, 6.45) is 2.46. The van der Waals surface area contributed by atoms with E-state index in [9.17, 15) is 9.59 Å². The standard InChI is InChI=1S/C20H25NO4S2/c1-13-6-5-7-14(2)18(13)27-12-15-8-9-17(25-15)19(22)21-16(10-11-26-4)20(23)24-3/h5-9,16H,10-12H2,1-4H3,(H,21,22). The third-order valence-corrected chi connectivity index (χ3v) is 6.06. The monoisotopic (exact) mass is 407 g/mol. The van der Waals surface area contributed by atoms with E-state index in [-0.39, 0.29) is 5.76 Å². The van der Waals surface area contributed by atoms with Crippen molar-refractivity contribution in [2.24, 2.45) is 0 Å². The molecule has 5 nitrogen and oxygen atoms in total. The van der Waals surface area contributed by atoms with Crippen LogP contribution in [0.3, 0.4) is 0 Å². The van der Waals surface area contributed by atoms with Crippen molar-refractivity contribution in [3.05, 3.63) is 53.0 Å². The lowest BCUT2D eigenvalue weighted by atomic mass is 10.2. The topological polar surface area (TPSA) is 68.5 Å². The molecule has 2 rings (SSSR count). The van der Waals surface area contributed by atoms with Crippen molar-refractivity contribution in [2.45, 2.75) is 37.0 Å². The molecule has 0 bridgehead atoms. The molecule has 27 heavy (non-hydrogen) atoms. The Morgan fingerprint density at radius 3 is 2.52 bits per heavy atom. The maximum absolute atomic E-state index is 12.4. The molecule has 1 atom stereocenters. The molecule has 0 spiro atoms.